The standard InChI is InChI=1S/C17H19F3N4O3/c1-9-2-3-24(9)16-11(6-21)12(17(18,19)20)5-14(22-16)23-7-10(4-15(26)27)13(25)8-23/h5,9-10,13,25H,2-4,7-8H2,1H3,(H,26,27)/t9-,10+,13+/m0/s1. The van der Waals surface area contributed by atoms with E-state index >= 15 is 0 Å². The summed E-state index contributed by atoms with van der Waals surface area (Å²) in [5, 5.41) is 28.3. The van der Waals surface area contributed by atoms with E-state index in [-0.39, 0.29) is 37.2 Å². The molecule has 2 aliphatic rings. The summed E-state index contributed by atoms with van der Waals surface area (Å²) in [6.45, 7) is 2.42. The fourth-order valence-electron chi connectivity index (χ4n) is 3.52. The third-order valence-electron chi connectivity index (χ3n) is 5.16. The van der Waals surface area contributed by atoms with Gasteiger partial charge in [-0.05, 0) is 19.4 Å². The molecule has 3 rings (SSSR count). The summed E-state index contributed by atoms with van der Waals surface area (Å²) < 4.78 is 40.6. The van der Waals surface area contributed by atoms with Gasteiger partial charge in [-0.1, -0.05) is 0 Å². The number of aliphatic hydroxyl groups excluding tert-OH is 1. The van der Waals surface area contributed by atoms with Crippen molar-refractivity contribution in [2.75, 3.05) is 29.4 Å². The second-order valence-corrected chi connectivity index (χ2v) is 7.00. The van der Waals surface area contributed by atoms with Crippen molar-refractivity contribution < 1.29 is 28.2 Å². The molecule has 1 aromatic heterocycles. The summed E-state index contributed by atoms with van der Waals surface area (Å²) in [4.78, 5) is 18.3. The van der Waals surface area contributed by atoms with E-state index in [9.17, 15) is 28.3 Å². The number of β-amino-alcohol motifs (C(OH)–C–C–N with tert-alkyl or cyclic N) is 1. The highest BCUT2D eigenvalue weighted by Crippen LogP contribution is 2.40. The molecule has 0 bridgehead atoms. The maximum Gasteiger partial charge on any atom is 0.417 e. The minimum absolute atomic E-state index is 0.0108. The zero-order valence-corrected chi connectivity index (χ0v) is 14.6. The van der Waals surface area contributed by atoms with Gasteiger partial charge in [0.15, 0.2) is 0 Å². The number of nitriles is 1. The van der Waals surface area contributed by atoms with Crippen molar-refractivity contribution in [1.29, 1.82) is 5.26 Å². The predicted molar refractivity (Wildman–Crippen MR) is 89.3 cm³/mol. The number of hydrogen-bond donors (Lipinski definition) is 2. The van der Waals surface area contributed by atoms with Crippen LogP contribution in [0.15, 0.2) is 6.07 Å². The lowest BCUT2D eigenvalue weighted by molar-refractivity contribution is -0.139. The van der Waals surface area contributed by atoms with Gasteiger partial charge >= 0.3 is 12.1 Å². The van der Waals surface area contributed by atoms with Gasteiger partial charge in [-0.2, -0.15) is 18.4 Å². The summed E-state index contributed by atoms with van der Waals surface area (Å²) in [7, 11) is 0. The molecule has 2 fully saturated rings. The lowest BCUT2D eigenvalue weighted by atomic mass is 10.0. The lowest BCUT2D eigenvalue weighted by Crippen LogP contribution is -2.47. The van der Waals surface area contributed by atoms with Crippen molar-refractivity contribution in [3.8, 4) is 6.07 Å². The Kier molecular flexibility index (Phi) is 4.90. The molecule has 0 saturated carbocycles. The molecule has 0 amide bonds. The average Bonchev–Trinajstić information content (AvgIpc) is 2.92. The van der Waals surface area contributed by atoms with Crippen molar-refractivity contribution in [2.45, 2.75) is 38.1 Å². The van der Waals surface area contributed by atoms with Gasteiger partial charge in [-0.15, -0.1) is 0 Å². The smallest absolute Gasteiger partial charge is 0.417 e. The van der Waals surface area contributed by atoms with Crippen LogP contribution in [0.4, 0.5) is 24.8 Å². The largest absolute Gasteiger partial charge is 0.481 e. The van der Waals surface area contributed by atoms with Crippen LogP contribution < -0.4 is 9.80 Å². The van der Waals surface area contributed by atoms with Gasteiger partial charge < -0.3 is 20.0 Å². The van der Waals surface area contributed by atoms with Gasteiger partial charge in [0.25, 0.3) is 0 Å². The highest BCUT2D eigenvalue weighted by atomic mass is 19.4. The summed E-state index contributed by atoms with van der Waals surface area (Å²) in [5.74, 6) is -1.71. The van der Waals surface area contributed by atoms with Crippen molar-refractivity contribution in [3.63, 3.8) is 0 Å². The normalized spacial score (nSPS) is 25.3. The summed E-state index contributed by atoms with van der Waals surface area (Å²) >= 11 is 0. The number of alkyl halides is 3. The van der Waals surface area contributed by atoms with E-state index in [0.29, 0.717) is 6.54 Å². The molecule has 146 valence electrons. The number of aliphatic carboxylic acids is 1. The Balaban J connectivity index is 2.02. The van der Waals surface area contributed by atoms with Gasteiger partial charge in [0.2, 0.25) is 0 Å². The number of pyridine rings is 1. The van der Waals surface area contributed by atoms with Gasteiger partial charge in [0.1, 0.15) is 23.3 Å². The Morgan fingerprint density at radius 2 is 2.15 bits per heavy atom. The van der Waals surface area contributed by atoms with Crippen LogP contribution in [-0.4, -0.2) is 52.9 Å². The van der Waals surface area contributed by atoms with E-state index in [0.717, 1.165) is 12.5 Å². The van der Waals surface area contributed by atoms with Crippen LogP contribution in [0.1, 0.15) is 30.9 Å². The van der Waals surface area contributed by atoms with Gasteiger partial charge in [-0.25, -0.2) is 4.98 Å². The van der Waals surface area contributed by atoms with Crippen LogP contribution in [0.25, 0.3) is 0 Å². The molecule has 0 aliphatic carbocycles. The first kappa shape index (κ1) is 19.2. The Labute approximate surface area is 153 Å². The minimum atomic E-state index is -4.73. The number of nitrogens with zero attached hydrogens (tertiary/aromatic N) is 4. The van der Waals surface area contributed by atoms with Crippen molar-refractivity contribution in [1.82, 2.24) is 4.98 Å². The summed E-state index contributed by atoms with van der Waals surface area (Å²) in [6, 6.07) is 2.42. The SMILES string of the molecule is C[C@H]1CCN1c1nc(N2C[C@@H](CC(=O)O)[C@H](O)C2)cc(C(F)(F)F)c1C#N. The molecule has 27 heavy (non-hydrogen) atoms. The number of carboxylic acids is 1. The van der Waals surface area contributed by atoms with E-state index in [1.165, 1.54) is 4.90 Å². The molecule has 2 saturated heterocycles. The Morgan fingerprint density at radius 1 is 1.44 bits per heavy atom. The number of carboxylic acid groups (broad SMARTS) is 1. The molecule has 2 N–H and O–H groups in total. The lowest BCUT2D eigenvalue weighted by Gasteiger charge is -2.40. The molecule has 0 unspecified atom stereocenters. The van der Waals surface area contributed by atoms with Gasteiger partial charge in [-0.3, -0.25) is 4.79 Å². The summed E-state index contributed by atoms with van der Waals surface area (Å²) in [5.41, 5.74) is -1.58. The van der Waals surface area contributed by atoms with Gasteiger partial charge in [0, 0.05) is 31.6 Å². The number of hydrogen-bond acceptors (Lipinski definition) is 6. The number of halogens is 3. The summed E-state index contributed by atoms with van der Waals surface area (Å²) in [6.07, 6.45) is -5.19. The molecule has 3 atom stereocenters. The van der Waals surface area contributed by atoms with Crippen LogP contribution in [0.5, 0.6) is 0 Å². The molecule has 3 heterocycles. The second kappa shape index (κ2) is 6.88. The molecule has 1 aromatic rings. The van der Waals surface area contributed by atoms with Crippen LogP contribution >= 0.6 is 0 Å². The molecule has 10 heteroatoms. The van der Waals surface area contributed by atoms with Crippen molar-refractivity contribution >= 4 is 17.6 Å². The minimum Gasteiger partial charge on any atom is -0.481 e. The Bertz CT molecular complexity index is 793. The quantitative estimate of drug-likeness (QED) is 0.817. The number of aromatic nitrogens is 1. The van der Waals surface area contributed by atoms with Crippen molar-refractivity contribution in [2.24, 2.45) is 5.92 Å². The van der Waals surface area contributed by atoms with Crippen LogP contribution in [0, 0.1) is 17.2 Å². The number of anilines is 2. The molecule has 0 aromatic carbocycles. The Hall–Kier alpha value is -2.54. The molecule has 7 nitrogen and oxygen atoms in total. The Morgan fingerprint density at radius 3 is 2.63 bits per heavy atom. The highest BCUT2D eigenvalue weighted by Gasteiger charge is 2.40. The van der Waals surface area contributed by atoms with Crippen molar-refractivity contribution in [3.05, 3.63) is 17.2 Å². The zero-order valence-electron chi connectivity index (χ0n) is 14.6. The number of carbonyl (C=O) groups is 1. The molecule has 0 spiro atoms. The maximum absolute atomic E-state index is 13.5. The topological polar surface area (TPSA) is 101 Å². The van der Waals surface area contributed by atoms with Crippen LogP contribution in [-0.2, 0) is 11.0 Å². The van der Waals surface area contributed by atoms with E-state index in [4.69, 9.17) is 5.11 Å². The first-order valence-corrected chi connectivity index (χ1v) is 8.55. The molecule has 0 radical (unpaired) electrons. The van der Waals surface area contributed by atoms with Gasteiger partial charge in [0.05, 0.1) is 18.1 Å². The number of rotatable bonds is 4. The highest BCUT2D eigenvalue weighted by molar-refractivity contribution is 5.68. The van der Waals surface area contributed by atoms with E-state index in [1.807, 2.05) is 6.92 Å². The van der Waals surface area contributed by atoms with Crippen LogP contribution in [0.3, 0.4) is 0 Å². The van der Waals surface area contributed by atoms with Crippen LogP contribution in [0.2, 0.25) is 0 Å². The second-order valence-electron chi connectivity index (χ2n) is 7.00. The first-order chi connectivity index (χ1) is 12.6. The fourth-order valence-corrected chi connectivity index (χ4v) is 3.52. The first-order valence-electron chi connectivity index (χ1n) is 8.55. The molecular formula is C17H19F3N4O3. The average molecular weight is 384 g/mol. The van der Waals surface area contributed by atoms with E-state index in [2.05, 4.69) is 4.98 Å². The molecule has 2 aliphatic heterocycles. The third kappa shape index (κ3) is 3.64. The predicted octanol–water partition coefficient (Wildman–Crippen LogP) is 1.84. The maximum atomic E-state index is 13.5. The van der Waals surface area contributed by atoms with E-state index < -0.39 is 35.3 Å². The monoisotopic (exact) mass is 384 g/mol. The molecular weight excluding hydrogens is 365 g/mol. The fraction of sp³-hybridized carbons (Fsp3) is 0.588. The third-order valence-corrected chi connectivity index (χ3v) is 5.16. The number of aliphatic hydroxyl groups is 1. The zero-order chi connectivity index (χ0) is 19.9. The van der Waals surface area contributed by atoms with E-state index in [1.54, 1.807) is 11.0 Å².